The zero-order valence-electron chi connectivity index (χ0n) is 14.8. The highest BCUT2D eigenvalue weighted by Gasteiger charge is 2.18. The Bertz CT molecular complexity index is 819. The summed E-state index contributed by atoms with van der Waals surface area (Å²) >= 11 is 0. The number of carbonyl (C=O) groups is 1. The first-order valence-electron chi connectivity index (χ1n) is 8.64. The van der Waals surface area contributed by atoms with Crippen molar-refractivity contribution in [1.82, 2.24) is 9.88 Å². The van der Waals surface area contributed by atoms with Crippen molar-refractivity contribution < 1.29 is 4.79 Å². The molecule has 1 amide bonds. The zero-order valence-corrected chi connectivity index (χ0v) is 14.8. The summed E-state index contributed by atoms with van der Waals surface area (Å²) in [6.07, 6.45) is 4.46. The molecular weight excluding hydrogens is 308 g/mol. The van der Waals surface area contributed by atoms with Crippen LogP contribution < -0.4 is 5.32 Å². The molecule has 25 heavy (non-hydrogen) atoms. The molecule has 3 rings (SSSR count). The summed E-state index contributed by atoms with van der Waals surface area (Å²) < 4.78 is 2.10. The summed E-state index contributed by atoms with van der Waals surface area (Å²) in [6.45, 7) is 4.72. The van der Waals surface area contributed by atoms with Crippen molar-refractivity contribution in [3.05, 3.63) is 95.3 Å². The van der Waals surface area contributed by atoms with Crippen molar-refractivity contribution in [1.29, 1.82) is 0 Å². The molecule has 0 saturated heterocycles. The summed E-state index contributed by atoms with van der Waals surface area (Å²) in [6, 6.07) is 20.5. The van der Waals surface area contributed by atoms with Crippen LogP contribution in [0.1, 0.15) is 34.7 Å². The monoisotopic (exact) mass is 332 g/mol. The van der Waals surface area contributed by atoms with Crippen molar-refractivity contribution >= 4 is 5.91 Å². The molecule has 0 saturated carbocycles. The number of hydrogen-bond donors (Lipinski definition) is 1. The minimum absolute atomic E-state index is 0.00854. The van der Waals surface area contributed by atoms with Gasteiger partial charge in [0.15, 0.2) is 0 Å². The number of amides is 1. The molecule has 3 heteroatoms. The van der Waals surface area contributed by atoms with E-state index in [-0.39, 0.29) is 11.9 Å². The Morgan fingerprint density at radius 3 is 2.32 bits per heavy atom. The lowest BCUT2D eigenvalue weighted by Gasteiger charge is -2.21. The first-order valence-corrected chi connectivity index (χ1v) is 8.64. The third-order valence-corrected chi connectivity index (χ3v) is 4.52. The number of hydrogen-bond acceptors (Lipinski definition) is 1. The summed E-state index contributed by atoms with van der Waals surface area (Å²) in [5, 5.41) is 3.05. The lowest BCUT2D eigenvalue weighted by Crippen LogP contribution is -2.26. The van der Waals surface area contributed by atoms with Crippen LogP contribution in [0.15, 0.2) is 73.1 Å². The van der Waals surface area contributed by atoms with E-state index in [1.807, 2.05) is 36.7 Å². The van der Waals surface area contributed by atoms with E-state index in [0.29, 0.717) is 13.0 Å². The van der Waals surface area contributed by atoms with Gasteiger partial charge in [-0.25, -0.2) is 0 Å². The van der Waals surface area contributed by atoms with Crippen molar-refractivity contribution in [2.24, 2.45) is 0 Å². The van der Waals surface area contributed by atoms with Crippen molar-refractivity contribution in [2.45, 2.75) is 32.9 Å². The minimum atomic E-state index is 0.00854. The third-order valence-electron chi connectivity index (χ3n) is 4.52. The van der Waals surface area contributed by atoms with Crippen molar-refractivity contribution in [3.63, 3.8) is 0 Å². The number of nitrogens with zero attached hydrogens (tertiary/aromatic N) is 1. The maximum Gasteiger partial charge on any atom is 0.222 e. The van der Waals surface area contributed by atoms with Crippen molar-refractivity contribution in [3.8, 4) is 0 Å². The number of aromatic nitrogens is 1. The van der Waals surface area contributed by atoms with Gasteiger partial charge < -0.3 is 9.88 Å². The zero-order chi connectivity index (χ0) is 17.6. The van der Waals surface area contributed by atoms with Crippen LogP contribution >= 0.6 is 0 Å². The van der Waals surface area contributed by atoms with E-state index < -0.39 is 0 Å². The highest BCUT2D eigenvalue weighted by molar-refractivity contribution is 5.77. The van der Waals surface area contributed by atoms with Gasteiger partial charge in [0.2, 0.25) is 5.91 Å². The van der Waals surface area contributed by atoms with E-state index in [1.165, 1.54) is 16.7 Å². The smallest absolute Gasteiger partial charge is 0.222 e. The van der Waals surface area contributed by atoms with Crippen LogP contribution in [0.2, 0.25) is 0 Å². The van der Waals surface area contributed by atoms with Gasteiger partial charge >= 0.3 is 0 Å². The third kappa shape index (κ3) is 4.38. The van der Waals surface area contributed by atoms with Crippen LogP contribution in [-0.2, 0) is 11.3 Å². The Hall–Kier alpha value is -2.81. The fourth-order valence-corrected chi connectivity index (χ4v) is 3.05. The van der Waals surface area contributed by atoms with Crippen molar-refractivity contribution in [2.75, 3.05) is 0 Å². The van der Waals surface area contributed by atoms with Crippen LogP contribution in [0, 0.1) is 13.8 Å². The molecule has 1 heterocycles. The van der Waals surface area contributed by atoms with E-state index in [2.05, 4.69) is 60.1 Å². The van der Waals surface area contributed by atoms with Gasteiger partial charge in [-0.15, -0.1) is 0 Å². The molecular formula is C22H24N2O. The Kier molecular flexibility index (Phi) is 5.34. The van der Waals surface area contributed by atoms with E-state index in [4.69, 9.17) is 0 Å². The standard InChI is InChI=1S/C22H24N2O/c1-17-9-11-19(12-10-17)16-23-22(25)15-21(24-13-5-6-14-24)20-8-4-3-7-18(20)2/h3-14,21H,15-16H2,1-2H3,(H,23,25). The number of carbonyl (C=O) groups excluding carboxylic acids is 1. The second-order valence-corrected chi connectivity index (χ2v) is 6.47. The molecule has 0 aliphatic heterocycles. The highest BCUT2D eigenvalue weighted by Crippen LogP contribution is 2.25. The molecule has 2 aromatic carbocycles. The molecule has 1 N–H and O–H groups in total. The van der Waals surface area contributed by atoms with Gasteiger partial charge in [0.25, 0.3) is 0 Å². The second-order valence-electron chi connectivity index (χ2n) is 6.47. The maximum atomic E-state index is 12.5. The van der Waals surface area contributed by atoms with Gasteiger partial charge in [0.1, 0.15) is 0 Å². The normalized spacial score (nSPS) is 11.9. The van der Waals surface area contributed by atoms with Crippen LogP contribution in [0.4, 0.5) is 0 Å². The topological polar surface area (TPSA) is 34.0 Å². The SMILES string of the molecule is Cc1ccc(CNC(=O)CC(c2ccccc2C)n2cccc2)cc1. The number of rotatable bonds is 6. The summed E-state index contributed by atoms with van der Waals surface area (Å²) in [5.41, 5.74) is 4.73. The molecule has 0 spiro atoms. The van der Waals surface area contributed by atoms with E-state index >= 15 is 0 Å². The first kappa shape index (κ1) is 17.0. The average Bonchev–Trinajstić information content (AvgIpc) is 3.14. The molecule has 3 nitrogen and oxygen atoms in total. The van der Waals surface area contributed by atoms with E-state index in [1.54, 1.807) is 0 Å². The molecule has 0 bridgehead atoms. The molecule has 0 aliphatic carbocycles. The Morgan fingerprint density at radius 2 is 1.64 bits per heavy atom. The average molecular weight is 332 g/mol. The van der Waals surface area contributed by atoms with E-state index in [0.717, 1.165) is 5.56 Å². The lowest BCUT2D eigenvalue weighted by molar-refractivity contribution is -0.121. The Morgan fingerprint density at radius 1 is 0.960 bits per heavy atom. The summed E-state index contributed by atoms with van der Waals surface area (Å²) in [4.78, 5) is 12.5. The van der Waals surface area contributed by atoms with Gasteiger partial charge in [-0.1, -0.05) is 54.1 Å². The number of nitrogens with one attached hydrogen (secondary N) is 1. The maximum absolute atomic E-state index is 12.5. The first-order chi connectivity index (χ1) is 12.1. The summed E-state index contributed by atoms with van der Waals surface area (Å²) in [7, 11) is 0. The molecule has 1 aromatic heterocycles. The van der Waals surface area contributed by atoms with Gasteiger partial charge in [-0.3, -0.25) is 4.79 Å². The van der Waals surface area contributed by atoms with E-state index in [9.17, 15) is 4.79 Å². The predicted octanol–water partition coefficient (Wildman–Crippen LogP) is 4.40. The van der Waals surface area contributed by atoms with Crippen LogP contribution in [0.5, 0.6) is 0 Å². The molecule has 0 aliphatic rings. The minimum Gasteiger partial charge on any atom is -0.352 e. The largest absolute Gasteiger partial charge is 0.352 e. The molecule has 0 fully saturated rings. The van der Waals surface area contributed by atoms with Crippen LogP contribution in [0.25, 0.3) is 0 Å². The van der Waals surface area contributed by atoms with Gasteiger partial charge in [-0.05, 0) is 42.7 Å². The van der Waals surface area contributed by atoms with Crippen LogP contribution in [0.3, 0.4) is 0 Å². The van der Waals surface area contributed by atoms with Gasteiger partial charge in [0.05, 0.1) is 12.5 Å². The molecule has 1 unspecified atom stereocenters. The number of aryl methyl sites for hydroxylation is 2. The molecule has 128 valence electrons. The second kappa shape index (κ2) is 7.84. The predicted molar refractivity (Wildman–Crippen MR) is 101 cm³/mol. The Labute approximate surface area is 149 Å². The van der Waals surface area contributed by atoms with Crippen LogP contribution in [-0.4, -0.2) is 10.5 Å². The fourth-order valence-electron chi connectivity index (χ4n) is 3.05. The van der Waals surface area contributed by atoms with Gasteiger partial charge in [0, 0.05) is 18.9 Å². The highest BCUT2D eigenvalue weighted by atomic mass is 16.1. The molecule has 3 aromatic rings. The summed E-state index contributed by atoms with van der Waals surface area (Å²) in [5.74, 6) is 0.0579. The molecule has 0 radical (unpaired) electrons. The fraction of sp³-hybridized carbons (Fsp3) is 0.227. The lowest BCUT2D eigenvalue weighted by atomic mass is 9.98. The number of benzene rings is 2. The quantitative estimate of drug-likeness (QED) is 0.713. The Balaban J connectivity index is 1.71. The molecule has 1 atom stereocenters. The van der Waals surface area contributed by atoms with Gasteiger partial charge in [-0.2, -0.15) is 0 Å².